The Balaban J connectivity index is 1.27. The summed E-state index contributed by atoms with van der Waals surface area (Å²) in [5.41, 5.74) is 1.56. The van der Waals surface area contributed by atoms with Crippen LogP contribution >= 0.6 is 22.7 Å². The standard InChI is InChI=1S/C25H20N2O5S2/c1-14-5-3-4-6-18(14)15(2)32-24(30)27-21-19(26-13-31-21)8-7-17-11-16-12-20(34-22(16)33-17)25(9-10-25)23(28)29/h3-6,11-13,15H,9-10H2,1-2H3,(H,27,30)(H,28,29). The first-order valence-electron chi connectivity index (χ1n) is 10.6. The average Bonchev–Trinajstić information content (AvgIpc) is 3.12. The van der Waals surface area contributed by atoms with Crippen LogP contribution < -0.4 is 5.32 Å². The maximum atomic E-state index is 12.4. The third-order valence-corrected chi connectivity index (χ3v) is 8.35. The lowest BCUT2D eigenvalue weighted by Crippen LogP contribution is -2.17. The second-order valence-corrected chi connectivity index (χ2v) is 10.5. The van der Waals surface area contributed by atoms with Crippen molar-refractivity contribution in [1.82, 2.24) is 4.98 Å². The molecule has 0 spiro atoms. The summed E-state index contributed by atoms with van der Waals surface area (Å²) in [5.74, 6) is 5.35. The Bertz CT molecular complexity index is 1430. The van der Waals surface area contributed by atoms with E-state index in [1.54, 1.807) is 6.92 Å². The highest BCUT2D eigenvalue weighted by molar-refractivity contribution is 7.38. The van der Waals surface area contributed by atoms with Crippen LogP contribution in [0.2, 0.25) is 0 Å². The van der Waals surface area contributed by atoms with E-state index in [4.69, 9.17) is 9.15 Å². The molecule has 3 aromatic heterocycles. The number of carbonyl (C=O) groups is 2. The number of benzene rings is 1. The molecule has 1 aliphatic carbocycles. The number of anilines is 1. The molecule has 34 heavy (non-hydrogen) atoms. The summed E-state index contributed by atoms with van der Waals surface area (Å²) < 4.78 is 11.8. The van der Waals surface area contributed by atoms with Crippen LogP contribution in [-0.2, 0) is 14.9 Å². The van der Waals surface area contributed by atoms with Crippen LogP contribution in [0.15, 0.2) is 47.2 Å². The molecule has 5 rings (SSSR count). The van der Waals surface area contributed by atoms with Crippen LogP contribution in [0, 0.1) is 18.8 Å². The summed E-state index contributed by atoms with van der Waals surface area (Å²) in [5, 5.41) is 13.1. The molecule has 9 heteroatoms. The number of carboxylic acid groups (broad SMARTS) is 1. The fourth-order valence-electron chi connectivity index (χ4n) is 3.76. The largest absolute Gasteiger partial charge is 0.481 e. The zero-order valence-electron chi connectivity index (χ0n) is 18.4. The first kappa shape index (κ1) is 22.2. The number of nitrogens with one attached hydrogen (secondary N) is 1. The van der Waals surface area contributed by atoms with Gasteiger partial charge in [0.1, 0.15) is 11.5 Å². The molecule has 1 atom stereocenters. The van der Waals surface area contributed by atoms with Gasteiger partial charge in [-0.2, -0.15) is 0 Å². The summed E-state index contributed by atoms with van der Waals surface area (Å²) >= 11 is 3.02. The van der Waals surface area contributed by atoms with Gasteiger partial charge in [-0.15, -0.1) is 22.7 Å². The monoisotopic (exact) mass is 492 g/mol. The molecule has 3 heterocycles. The van der Waals surface area contributed by atoms with Crippen molar-refractivity contribution in [1.29, 1.82) is 0 Å². The van der Waals surface area contributed by atoms with Crippen LogP contribution in [0.1, 0.15) is 52.4 Å². The molecule has 4 aromatic rings. The SMILES string of the molecule is Cc1ccccc1C(C)OC(=O)Nc1ocnc1C#Cc1cc2cc(C3(C(=O)O)CC3)sc2s1. The fourth-order valence-corrected chi connectivity index (χ4v) is 6.30. The number of amides is 1. The Labute approximate surface area is 203 Å². The third-order valence-electron chi connectivity index (χ3n) is 5.84. The lowest BCUT2D eigenvalue weighted by molar-refractivity contribution is -0.139. The van der Waals surface area contributed by atoms with E-state index in [9.17, 15) is 14.7 Å². The molecule has 7 nitrogen and oxygen atoms in total. The highest BCUT2D eigenvalue weighted by Crippen LogP contribution is 2.52. The van der Waals surface area contributed by atoms with Crippen molar-refractivity contribution in [3.8, 4) is 11.8 Å². The van der Waals surface area contributed by atoms with Gasteiger partial charge < -0.3 is 14.3 Å². The van der Waals surface area contributed by atoms with Crippen molar-refractivity contribution in [3.63, 3.8) is 0 Å². The van der Waals surface area contributed by atoms with E-state index in [0.29, 0.717) is 18.5 Å². The van der Waals surface area contributed by atoms with Crippen molar-refractivity contribution in [2.75, 3.05) is 5.32 Å². The molecule has 0 bridgehead atoms. The van der Waals surface area contributed by atoms with E-state index in [1.165, 1.54) is 29.1 Å². The second kappa shape index (κ2) is 8.63. The van der Waals surface area contributed by atoms with E-state index in [-0.39, 0.29) is 5.88 Å². The van der Waals surface area contributed by atoms with Crippen LogP contribution in [0.3, 0.4) is 0 Å². The molecule has 0 radical (unpaired) electrons. The molecule has 1 aromatic carbocycles. The van der Waals surface area contributed by atoms with Gasteiger partial charge in [0, 0.05) is 10.3 Å². The molecule has 0 saturated heterocycles. The number of fused-ring (bicyclic) bond motifs is 1. The summed E-state index contributed by atoms with van der Waals surface area (Å²) in [7, 11) is 0. The zero-order valence-corrected chi connectivity index (χ0v) is 20.0. The Morgan fingerprint density at radius 2 is 2.03 bits per heavy atom. The summed E-state index contributed by atoms with van der Waals surface area (Å²) in [6.45, 7) is 3.77. The maximum Gasteiger partial charge on any atom is 0.414 e. The Hall–Kier alpha value is -3.61. The summed E-state index contributed by atoms with van der Waals surface area (Å²) in [6.07, 6.45) is 1.50. The first-order chi connectivity index (χ1) is 16.4. The van der Waals surface area contributed by atoms with Crippen LogP contribution in [0.4, 0.5) is 10.7 Å². The van der Waals surface area contributed by atoms with Gasteiger partial charge in [0.05, 0.1) is 8.89 Å². The van der Waals surface area contributed by atoms with Gasteiger partial charge in [0.15, 0.2) is 12.1 Å². The number of hydrogen-bond acceptors (Lipinski definition) is 7. The lowest BCUT2D eigenvalue weighted by atomic mass is 10.1. The van der Waals surface area contributed by atoms with Crippen molar-refractivity contribution >= 4 is 50.0 Å². The predicted octanol–water partition coefficient (Wildman–Crippen LogP) is 6.08. The van der Waals surface area contributed by atoms with Gasteiger partial charge in [0.25, 0.3) is 0 Å². The first-order valence-corrected chi connectivity index (χ1v) is 12.2. The van der Waals surface area contributed by atoms with Gasteiger partial charge >= 0.3 is 12.1 Å². The number of rotatable bonds is 5. The molecule has 0 aliphatic heterocycles. The fraction of sp³-hybridized carbons (Fsp3) is 0.240. The Kier molecular flexibility index (Phi) is 5.63. The number of oxazole rings is 1. The maximum absolute atomic E-state index is 12.4. The predicted molar refractivity (Wildman–Crippen MR) is 130 cm³/mol. The minimum atomic E-state index is -0.751. The van der Waals surface area contributed by atoms with E-state index < -0.39 is 23.6 Å². The van der Waals surface area contributed by atoms with Crippen LogP contribution in [0.25, 0.3) is 9.40 Å². The number of carbonyl (C=O) groups excluding carboxylic acids is 1. The average molecular weight is 493 g/mol. The minimum Gasteiger partial charge on any atom is -0.481 e. The van der Waals surface area contributed by atoms with Gasteiger partial charge in [-0.25, -0.2) is 9.78 Å². The van der Waals surface area contributed by atoms with Gasteiger partial charge in [-0.05, 0) is 61.8 Å². The summed E-state index contributed by atoms with van der Waals surface area (Å²) in [4.78, 5) is 29.7. The quantitative estimate of drug-likeness (QED) is 0.327. The third kappa shape index (κ3) is 4.18. The smallest absolute Gasteiger partial charge is 0.414 e. The number of carboxylic acids is 1. The molecule has 1 fully saturated rings. The number of aromatic nitrogens is 1. The molecular formula is C25H20N2O5S2. The van der Waals surface area contributed by atoms with Crippen molar-refractivity contribution in [2.24, 2.45) is 0 Å². The van der Waals surface area contributed by atoms with E-state index in [1.807, 2.05) is 43.3 Å². The van der Waals surface area contributed by atoms with Crippen molar-refractivity contribution in [3.05, 3.63) is 69.4 Å². The van der Waals surface area contributed by atoms with Gasteiger partial charge in [-0.1, -0.05) is 24.3 Å². The highest BCUT2D eigenvalue weighted by Gasteiger charge is 2.53. The number of nitrogens with zero attached hydrogens (tertiary/aromatic N) is 1. The van der Waals surface area contributed by atoms with Crippen molar-refractivity contribution < 1.29 is 23.8 Å². The normalized spacial score (nSPS) is 14.8. The topological polar surface area (TPSA) is 102 Å². The minimum absolute atomic E-state index is 0.118. The number of aliphatic carboxylic acids is 1. The molecule has 1 unspecified atom stereocenters. The number of hydrogen-bond donors (Lipinski definition) is 2. The molecule has 1 amide bonds. The number of aryl methyl sites for hydroxylation is 1. The van der Waals surface area contributed by atoms with E-state index in [2.05, 4.69) is 22.1 Å². The molecule has 1 aliphatic rings. The molecular weight excluding hydrogens is 472 g/mol. The Morgan fingerprint density at radius 3 is 2.74 bits per heavy atom. The lowest BCUT2D eigenvalue weighted by Gasteiger charge is -2.15. The van der Waals surface area contributed by atoms with E-state index in [0.717, 1.165) is 30.3 Å². The molecule has 2 N–H and O–H groups in total. The molecule has 172 valence electrons. The highest BCUT2D eigenvalue weighted by atomic mass is 32.2. The zero-order chi connectivity index (χ0) is 23.9. The van der Waals surface area contributed by atoms with E-state index >= 15 is 0 Å². The van der Waals surface area contributed by atoms with Crippen LogP contribution in [0.5, 0.6) is 0 Å². The summed E-state index contributed by atoms with van der Waals surface area (Å²) in [6, 6.07) is 11.6. The van der Waals surface area contributed by atoms with Crippen LogP contribution in [-0.4, -0.2) is 22.2 Å². The second-order valence-electron chi connectivity index (χ2n) is 8.16. The molecule has 1 saturated carbocycles. The van der Waals surface area contributed by atoms with Crippen molar-refractivity contribution in [2.45, 2.75) is 38.2 Å². The van der Waals surface area contributed by atoms with Gasteiger partial charge in [-0.3, -0.25) is 10.1 Å². The number of ether oxygens (including phenoxy) is 1. The van der Waals surface area contributed by atoms with Gasteiger partial charge in [0.2, 0.25) is 5.88 Å². The number of thiophene rings is 2. The Morgan fingerprint density at radius 1 is 1.24 bits per heavy atom.